The van der Waals surface area contributed by atoms with Crippen molar-refractivity contribution in [2.75, 3.05) is 0 Å². The Kier molecular flexibility index (Phi) is 6.21. The smallest absolute Gasteiger partial charge is 0.305 e. The van der Waals surface area contributed by atoms with Crippen LogP contribution in [0.15, 0.2) is 23.8 Å². The summed E-state index contributed by atoms with van der Waals surface area (Å²) in [6.07, 6.45) is 10.3. The molecule has 0 radical (unpaired) electrons. The van der Waals surface area contributed by atoms with E-state index in [1.807, 2.05) is 0 Å². The average molecular weight is 308 g/mol. The van der Waals surface area contributed by atoms with Crippen LogP contribution in [0.4, 0.5) is 0 Å². The van der Waals surface area contributed by atoms with Gasteiger partial charge in [-0.3, -0.25) is 4.79 Å². The number of aliphatic hydroxyl groups excluding tert-OH is 2. The lowest BCUT2D eigenvalue weighted by atomic mass is 9.68. The maximum Gasteiger partial charge on any atom is 0.305 e. The van der Waals surface area contributed by atoms with Crippen LogP contribution in [0.25, 0.3) is 0 Å². The largest absolute Gasteiger partial charge is 0.481 e. The first-order chi connectivity index (χ1) is 10.5. The van der Waals surface area contributed by atoms with Gasteiger partial charge in [-0.05, 0) is 61.9 Å². The third kappa shape index (κ3) is 4.68. The third-order valence-corrected chi connectivity index (χ3v) is 5.10. The van der Waals surface area contributed by atoms with Gasteiger partial charge in [-0.1, -0.05) is 25.2 Å². The molecular formula is C18H28O4. The fraction of sp³-hybridized carbons (Fsp3) is 0.722. The van der Waals surface area contributed by atoms with E-state index in [-0.39, 0.29) is 12.8 Å². The van der Waals surface area contributed by atoms with E-state index in [0.717, 1.165) is 6.42 Å². The topological polar surface area (TPSA) is 77.8 Å². The summed E-state index contributed by atoms with van der Waals surface area (Å²) in [5, 5.41) is 28.3. The summed E-state index contributed by atoms with van der Waals surface area (Å²) in [5.41, 5.74) is 1.45. The molecule has 0 amide bonds. The number of aliphatic hydroxyl groups is 2. The predicted molar refractivity (Wildman–Crippen MR) is 85.3 cm³/mol. The lowest BCUT2D eigenvalue weighted by Gasteiger charge is -2.37. The molecule has 4 heteroatoms. The summed E-state index contributed by atoms with van der Waals surface area (Å²) >= 11 is 0. The first-order valence-electron chi connectivity index (χ1n) is 8.43. The lowest BCUT2D eigenvalue weighted by molar-refractivity contribution is -0.139. The molecule has 0 spiro atoms. The molecule has 0 heterocycles. The third-order valence-electron chi connectivity index (χ3n) is 5.10. The van der Waals surface area contributed by atoms with Crippen LogP contribution in [0, 0.1) is 17.8 Å². The Balaban J connectivity index is 1.84. The van der Waals surface area contributed by atoms with Gasteiger partial charge in [-0.2, -0.15) is 0 Å². The molecule has 22 heavy (non-hydrogen) atoms. The quantitative estimate of drug-likeness (QED) is 0.676. The van der Waals surface area contributed by atoms with Gasteiger partial charge in [0.1, 0.15) is 0 Å². The minimum atomic E-state index is -1.03. The highest BCUT2D eigenvalue weighted by Gasteiger charge is 2.32. The molecule has 4 nitrogen and oxygen atoms in total. The van der Waals surface area contributed by atoms with Crippen molar-refractivity contribution < 1.29 is 20.1 Å². The van der Waals surface area contributed by atoms with Crippen LogP contribution in [-0.4, -0.2) is 33.5 Å². The van der Waals surface area contributed by atoms with E-state index in [4.69, 9.17) is 5.11 Å². The predicted octanol–water partition coefficient (Wildman–Crippen LogP) is 2.90. The maximum absolute atomic E-state index is 10.5. The van der Waals surface area contributed by atoms with E-state index in [0.29, 0.717) is 24.2 Å². The minimum Gasteiger partial charge on any atom is -0.481 e. The van der Waals surface area contributed by atoms with Crippen molar-refractivity contribution in [3.63, 3.8) is 0 Å². The zero-order chi connectivity index (χ0) is 16.1. The van der Waals surface area contributed by atoms with E-state index >= 15 is 0 Å². The number of rotatable bonds is 7. The molecule has 124 valence electrons. The van der Waals surface area contributed by atoms with Gasteiger partial charge in [0.05, 0.1) is 18.6 Å². The number of hydrogen-bond donors (Lipinski definition) is 3. The van der Waals surface area contributed by atoms with E-state index in [9.17, 15) is 15.0 Å². The Morgan fingerprint density at radius 1 is 1.36 bits per heavy atom. The van der Waals surface area contributed by atoms with Gasteiger partial charge < -0.3 is 15.3 Å². The van der Waals surface area contributed by atoms with Gasteiger partial charge in [0.2, 0.25) is 0 Å². The molecule has 0 aromatic rings. The van der Waals surface area contributed by atoms with E-state index in [1.165, 1.54) is 24.8 Å². The van der Waals surface area contributed by atoms with Gasteiger partial charge in [-0.15, -0.1) is 0 Å². The lowest BCUT2D eigenvalue weighted by Crippen LogP contribution is -2.29. The summed E-state index contributed by atoms with van der Waals surface area (Å²) in [7, 11) is 0. The first-order valence-corrected chi connectivity index (χ1v) is 8.43. The molecule has 0 unspecified atom stereocenters. The highest BCUT2D eigenvalue weighted by Crippen LogP contribution is 2.42. The fourth-order valence-electron chi connectivity index (χ4n) is 3.92. The molecule has 2 aliphatic rings. The van der Waals surface area contributed by atoms with Crippen molar-refractivity contribution in [2.24, 2.45) is 17.8 Å². The van der Waals surface area contributed by atoms with Crippen LogP contribution in [0.5, 0.6) is 0 Å². The molecular weight excluding hydrogens is 280 g/mol. The van der Waals surface area contributed by atoms with Gasteiger partial charge in [0, 0.05) is 0 Å². The number of carboxylic acid groups (broad SMARTS) is 1. The molecule has 0 bridgehead atoms. The van der Waals surface area contributed by atoms with E-state index in [2.05, 4.69) is 25.2 Å². The Bertz CT molecular complexity index is 440. The van der Waals surface area contributed by atoms with E-state index in [1.54, 1.807) is 0 Å². The molecule has 0 saturated carbocycles. The fourth-order valence-corrected chi connectivity index (χ4v) is 3.92. The highest BCUT2D eigenvalue weighted by atomic mass is 16.4. The van der Waals surface area contributed by atoms with Crippen LogP contribution in [0.3, 0.4) is 0 Å². The van der Waals surface area contributed by atoms with Crippen LogP contribution in [0.1, 0.15) is 51.9 Å². The van der Waals surface area contributed by atoms with Crippen molar-refractivity contribution in [3.05, 3.63) is 23.8 Å². The number of carbonyl (C=O) groups is 1. The zero-order valence-electron chi connectivity index (χ0n) is 13.3. The standard InChI is InChI=1S/C18H28O4/c1-12-6-7-13-4-2-3-5-17(13)16(12)9-8-14(19)10-15(20)11-18(21)22/h4,6-7,12,14-17,19-20H,2-3,5,8-11H2,1H3,(H,21,22)/t12-,14+,15-,16-,17-/m0/s1. The van der Waals surface area contributed by atoms with Crippen LogP contribution < -0.4 is 0 Å². The Morgan fingerprint density at radius 2 is 2.14 bits per heavy atom. The number of fused-ring (bicyclic) bond motifs is 1. The van der Waals surface area contributed by atoms with Crippen LogP contribution >= 0.6 is 0 Å². The molecule has 2 rings (SSSR count). The Labute approximate surface area is 132 Å². The van der Waals surface area contributed by atoms with Crippen LogP contribution in [-0.2, 0) is 4.79 Å². The summed E-state index contributed by atoms with van der Waals surface area (Å²) in [4.78, 5) is 10.5. The molecule has 0 aromatic heterocycles. The van der Waals surface area contributed by atoms with Gasteiger partial charge in [0.15, 0.2) is 0 Å². The number of carboxylic acids is 1. The zero-order valence-corrected chi connectivity index (χ0v) is 13.3. The molecule has 2 aliphatic carbocycles. The van der Waals surface area contributed by atoms with Gasteiger partial charge in [-0.25, -0.2) is 0 Å². The normalized spacial score (nSPS) is 30.3. The minimum absolute atomic E-state index is 0.149. The van der Waals surface area contributed by atoms with Crippen molar-refractivity contribution in [2.45, 2.75) is 64.1 Å². The Hall–Kier alpha value is -1.13. The number of allylic oxidation sites excluding steroid dienone is 4. The number of aliphatic carboxylic acids is 1. The molecule has 5 atom stereocenters. The summed E-state index contributed by atoms with van der Waals surface area (Å²) in [6.45, 7) is 2.23. The van der Waals surface area contributed by atoms with Gasteiger partial charge in [0.25, 0.3) is 0 Å². The molecule has 0 aliphatic heterocycles. The van der Waals surface area contributed by atoms with Crippen molar-refractivity contribution in [1.82, 2.24) is 0 Å². The molecule has 0 aromatic carbocycles. The monoisotopic (exact) mass is 308 g/mol. The second kappa shape index (κ2) is 7.93. The van der Waals surface area contributed by atoms with Gasteiger partial charge >= 0.3 is 5.97 Å². The summed E-state index contributed by atoms with van der Waals surface area (Å²) < 4.78 is 0. The SMILES string of the molecule is C[C@H]1C=CC2=CCCC[C@@H]2[C@H]1CC[C@@H](O)C[C@H](O)CC(=O)O. The molecule has 0 saturated heterocycles. The van der Waals surface area contributed by atoms with Crippen molar-refractivity contribution in [1.29, 1.82) is 0 Å². The average Bonchev–Trinajstić information content (AvgIpc) is 2.45. The second-order valence-corrected chi connectivity index (χ2v) is 6.84. The molecule has 0 fully saturated rings. The second-order valence-electron chi connectivity index (χ2n) is 6.84. The first kappa shape index (κ1) is 17.2. The maximum atomic E-state index is 10.5. The van der Waals surface area contributed by atoms with E-state index < -0.39 is 18.2 Å². The van der Waals surface area contributed by atoms with Crippen molar-refractivity contribution >= 4 is 5.97 Å². The Morgan fingerprint density at radius 3 is 2.86 bits per heavy atom. The summed E-state index contributed by atoms with van der Waals surface area (Å²) in [5.74, 6) is 0.631. The summed E-state index contributed by atoms with van der Waals surface area (Å²) in [6, 6.07) is 0. The molecule has 3 N–H and O–H groups in total. The van der Waals surface area contributed by atoms with Crippen LogP contribution in [0.2, 0.25) is 0 Å². The highest BCUT2D eigenvalue weighted by molar-refractivity contribution is 5.67. The van der Waals surface area contributed by atoms with Crippen molar-refractivity contribution in [3.8, 4) is 0 Å². The number of hydrogen-bond acceptors (Lipinski definition) is 3.